The summed E-state index contributed by atoms with van der Waals surface area (Å²) >= 11 is 0. The number of rotatable bonds is 5. The second-order valence-electron chi connectivity index (χ2n) is 13.1. The molecule has 0 saturated carbocycles. The average molecular weight is 644 g/mol. The molecule has 4 heterocycles. The minimum absolute atomic E-state index is 0.717. The Hall–Kier alpha value is -6.33. The molecule has 5 aromatic carbocycles. The Bertz CT molecular complexity index is 2740. The lowest BCUT2D eigenvalue weighted by atomic mass is 10.0. The van der Waals surface area contributed by atoms with E-state index < -0.39 is 0 Å². The molecule has 0 spiro atoms. The summed E-state index contributed by atoms with van der Waals surface area (Å²) in [5, 5.41) is 4.66. The molecule has 0 radical (unpaired) electrons. The maximum absolute atomic E-state index is 5.26. The van der Waals surface area contributed by atoms with Gasteiger partial charge in [0.05, 0.1) is 33.5 Å². The molecule has 2 aliphatic rings. The molecule has 5 heteroatoms. The van der Waals surface area contributed by atoms with Crippen molar-refractivity contribution in [3.63, 3.8) is 0 Å². The first-order chi connectivity index (χ1) is 24.8. The SMILES string of the molecule is C1=CCCC(n2ccc3cc4c5cc(-c6nc(-c7ccc(C8=CCCC=N8)cc7)c7ccccc7n6)ccc5n(-c5ccccc5)c4cc32)=C1. The van der Waals surface area contributed by atoms with Crippen molar-refractivity contribution >= 4 is 61.2 Å². The molecular formula is C45H33N5. The van der Waals surface area contributed by atoms with Gasteiger partial charge in [-0.2, -0.15) is 0 Å². The van der Waals surface area contributed by atoms with Crippen molar-refractivity contribution in [2.75, 3.05) is 0 Å². The molecule has 50 heavy (non-hydrogen) atoms. The largest absolute Gasteiger partial charge is 0.320 e. The van der Waals surface area contributed by atoms with Gasteiger partial charge in [0.25, 0.3) is 0 Å². The van der Waals surface area contributed by atoms with E-state index >= 15 is 0 Å². The lowest BCUT2D eigenvalue weighted by molar-refractivity contribution is 0.964. The van der Waals surface area contributed by atoms with Crippen LogP contribution in [0.15, 0.2) is 151 Å². The van der Waals surface area contributed by atoms with Gasteiger partial charge in [-0.15, -0.1) is 0 Å². The van der Waals surface area contributed by atoms with E-state index in [0.29, 0.717) is 0 Å². The molecule has 0 N–H and O–H groups in total. The van der Waals surface area contributed by atoms with Crippen molar-refractivity contribution < 1.29 is 0 Å². The molecule has 10 rings (SSSR count). The molecule has 3 aromatic heterocycles. The molecule has 5 nitrogen and oxygen atoms in total. The van der Waals surface area contributed by atoms with Gasteiger partial charge in [0.2, 0.25) is 0 Å². The zero-order valence-electron chi connectivity index (χ0n) is 27.5. The molecule has 0 amide bonds. The molecule has 0 saturated heterocycles. The predicted octanol–water partition coefficient (Wildman–Crippen LogP) is 11.4. The highest BCUT2D eigenvalue weighted by atomic mass is 15.0. The third-order valence-electron chi connectivity index (χ3n) is 10.1. The van der Waals surface area contributed by atoms with Crippen molar-refractivity contribution in [3.8, 4) is 28.3 Å². The smallest absolute Gasteiger partial charge is 0.160 e. The number of aliphatic imine (C=N–C) groups is 1. The van der Waals surface area contributed by atoms with Crippen LogP contribution in [0, 0.1) is 0 Å². The zero-order chi connectivity index (χ0) is 33.0. The Morgan fingerprint density at radius 2 is 1.42 bits per heavy atom. The molecular weight excluding hydrogens is 611 g/mol. The summed E-state index contributed by atoms with van der Waals surface area (Å²) in [7, 11) is 0. The second-order valence-corrected chi connectivity index (χ2v) is 13.1. The summed E-state index contributed by atoms with van der Waals surface area (Å²) in [5.74, 6) is 0.717. The van der Waals surface area contributed by atoms with E-state index in [1.807, 2.05) is 12.3 Å². The van der Waals surface area contributed by atoms with Crippen LogP contribution in [-0.2, 0) is 0 Å². The number of hydrogen-bond donors (Lipinski definition) is 0. The molecule has 0 unspecified atom stereocenters. The molecule has 1 aliphatic carbocycles. The third-order valence-corrected chi connectivity index (χ3v) is 10.1. The van der Waals surface area contributed by atoms with E-state index in [1.165, 1.54) is 32.9 Å². The van der Waals surface area contributed by atoms with Gasteiger partial charge in [-0.05, 0) is 91.9 Å². The van der Waals surface area contributed by atoms with E-state index in [1.54, 1.807) is 0 Å². The monoisotopic (exact) mass is 643 g/mol. The van der Waals surface area contributed by atoms with Crippen LogP contribution in [0.25, 0.3) is 83.3 Å². The maximum atomic E-state index is 5.26. The fraction of sp³-hybridized carbons (Fsp3) is 0.0889. The summed E-state index contributed by atoms with van der Waals surface area (Å²) in [5.41, 5.74) is 12.1. The summed E-state index contributed by atoms with van der Waals surface area (Å²) < 4.78 is 4.74. The Balaban J connectivity index is 1.16. The topological polar surface area (TPSA) is 48.0 Å². The lowest BCUT2D eigenvalue weighted by Gasteiger charge is -2.13. The van der Waals surface area contributed by atoms with E-state index in [4.69, 9.17) is 9.97 Å². The standard InChI is InChI=1S/C45H33N5/c1-3-11-34(12-4-1)49-26-24-32-27-38-37-28-33(22-23-41(37)50(43(38)29-42(32)49)35-13-5-2-6-14-35)45-47-40-17-8-7-15-36(40)44(48-45)31-20-18-30(19-21-31)39-16-9-10-25-46-39/h1-3,5-8,11,13-29H,4,9-10,12H2. The summed E-state index contributed by atoms with van der Waals surface area (Å²) in [4.78, 5) is 15.0. The lowest BCUT2D eigenvalue weighted by Crippen LogP contribution is -1.98. The van der Waals surface area contributed by atoms with Crippen LogP contribution in [0.4, 0.5) is 0 Å². The Morgan fingerprint density at radius 1 is 0.600 bits per heavy atom. The van der Waals surface area contributed by atoms with Crippen molar-refractivity contribution in [3.05, 3.63) is 151 Å². The van der Waals surface area contributed by atoms with Crippen molar-refractivity contribution in [2.24, 2.45) is 4.99 Å². The minimum Gasteiger partial charge on any atom is -0.320 e. The first kappa shape index (κ1) is 28.7. The second kappa shape index (κ2) is 11.7. The highest BCUT2D eigenvalue weighted by Crippen LogP contribution is 2.39. The molecule has 238 valence electrons. The number of para-hydroxylation sites is 2. The van der Waals surface area contributed by atoms with Crippen LogP contribution in [0.5, 0.6) is 0 Å². The molecule has 0 atom stereocenters. The Kier molecular flexibility index (Phi) is 6.69. The van der Waals surface area contributed by atoms with E-state index in [-0.39, 0.29) is 0 Å². The normalized spacial score (nSPS) is 14.6. The summed E-state index contributed by atoms with van der Waals surface area (Å²) in [6, 6.07) is 41.2. The van der Waals surface area contributed by atoms with Crippen LogP contribution in [0.1, 0.15) is 31.2 Å². The first-order valence-corrected chi connectivity index (χ1v) is 17.4. The van der Waals surface area contributed by atoms with Crippen LogP contribution in [-0.4, -0.2) is 25.3 Å². The summed E-state index contributed by atoms with van der Waals surface area (Å²) in [6.45, 7) is 0. The van der Waals surface area contributed by atoms with Gasteiger partial charge in [0.15, 0.2) is 5.82 Å². The number of aromatic nitrogens is 4. The van der Waals surface area contributed by atoms with E-state index in [9.17, 15) is 0 Å². The van der Waals surface area contributed by atoms with Gasteiger partial charge in [-0.3, -0.25) is 4.99 Å². The highest BCUT2D eigenvalue weighted by molar-refractivity contribution is 6.14. The molecule has 0 fully saturated rings. The molecule has 1 aliphatic heterocycles. The van der Waals surface area contributed by atoms with Gasteiger partial charge in [0, 0.05) is 56.5 Å². The summed E-state index contributed by atoms with van der Waals surface area (Å²) in [6.07, 6.45) is 17.2. The van der Waals surface area contributed by atoms with Crippen molar-refractivity contribution in [1.29, 1.82) is 0 Å². The predicted molar refractivity (Wildman–Crippen MR) is 209 cm³/mol. The highest BCUT2D eigenvalue weighted by Gasteiger charge is 2.18. The molecule has 8 aromatic rings. The van der Waals surface area contributed by atoms with Crippen LogP contribution < -0.4 is 0 Å². The van der Waals surface area contributed by atoms with E-state index in [2.05, 4.69) is 154 Å². The van der Waals surface area contributed by atoms with Crippen LogP contribution >= 0.6 is 0 Å². The number of hydrogen-bond acceptors (Lipinski definition) is 3. The number of benzene rings is 5. The van der Waals surface area contributed by atoms with Crippen LogP contribution in [0.3, 0.4) is 0 Å². The van der Waals surface area contributed by atoms with Crippen LogP contribution in [0.2, 0.25) is 0 Å². The fourth-order valence-electron chi connectivity index (χ4n) is 7.61. The van der Waals surface area contributed by atoms with Gasteiger partial charge >= 0.3 is 0 Å². The van der Waals surface area contributed by atoms with E-state index in [0.717, 1.165) is 81.7 Å². The minimum atomic E-state index is 0.717. The third kappa shape index (κ3) is 4.73. The van der Waals surface area contributed by atoms with Crippen molar-refractivity contribution in [2.45, 2.75) is 25.7 Å². The van der Waals surface area contributed by atoms with Gasteiger partial charge in [-0.25, -0.2) is 9.97 Å². The Labute approximate surface area is 289 Å². The van der Waals surface area contributed by atoms with Gasteiger partial charge < -0.3 is 9.13 Å². The van der Waals surface area contributed by atoms with Gasteiger partial charge in [-0.1, -0.05) is 78.9 Å². The number of allylic oxidation sites excluding steroid dienone is 5. The van der Waals surface area contributed by atoms with Gasteiger partial charge in [0.1, 0.15) is 0 Å². The number of nitrogens with zero attached hydrogens (tertiary/aromatic N) is 5. The maximum Gasteiger partial charge on any atom is 0.160 e. The average Bonchev–Trinajstić information content (AvgIpc) is 3.75. The molecule has 0 bridgehead atoms. The fourth-order valence-corrected chi connectivity index (χ4v) is 7.61. The number of fused-ring (bicyclic) bond motifs is 5. The Morgan fingerprint density at radius 3 is 2.26 bits per heavy atom. The zero-order valence-corrected chi connectivity index (χ0v) is 27.5. The van der Waals surface area contributed by atoms with Crippen molar-refractivity contribution in [1.82, 2.24) is 19.1 Å². The first-order valence-electron chi connectivity index (χ1n) is 17.4. The quantitative estimate of drug-likeness (QED) is 0.187.